The summed E-state index contributed by atoms with van der Waals surface area (Å²) >= 11 is 2.03. The van der Waals surface area contributed by atoms with Gasteiger partial charge in [0.25, 0.3) is 0 Å². The normalized spacial score (nSPS) is 25.6. The van der Waals surface area contributed by atoms with Crippen LogP contribution >= 0.6 is 11.8 Å². The van der Waals surface area contributed by atoms with E-state index in [1.54, 1.807) is 0 Å². The van der Waals surface area contributed by atoms with E-state index in [4.69, 9.17) is 0 Å². The van der Waals surface area contributed by atoms with Crippen LogP contribution in [0.4, 0.5) is 0 Å². The van der Waals surface area contributed by atoms with Crippen LogP contribution in [-0.2, 0) is 0 Å². The smallest absolute Gasteiger partial charge is 0.0346 e. The van der Waals surface area contributed by atoms with E-state index in [0.717, 1.165) is 5.25 Å². The molecular formula is C16H25NS. The highest BCUT2D eigenvalue weighted by Crippen LogP contribution is 2.32. The van der Waals surface area contributed by atoms with E-state index in [1.807, 2.05) is 11.8 Å². The number of benzene rings is 1. The zero-order valence-corrected chi connectivity index (χ0v) is 12.5. The maximum absolute atomic E-state index is 3.91. The van der Waals surface area contributed by atoms with Gasteiger partial charge in [-0.2, -0.15) is 11.8 Å². The molecule has 1 N–H and O–H groups in total. The highest BCUT2D eigenvalue weighted by atomic mass is 32.2. The average molecular weight is 263 g/mol. The van der Waals surface area contributed by atoms with Crippen molar-refractivity contribution in [3.63, 3.8) is 0 Å². The summed E-state index contributed by atoms with van der Waals surface area (Å²) in [6.45, 7) is 4.63. The number of rotatable bonds is 5. The van der Waals surface area contributed by atoms with Crippen LogP contribution in [0.15, 0.2) is 30.3 Å². The van der Waals surface area contributed by atoms with Crippen molar-refractivity contribution in [2.24, 2.45) is 5.92 Å². The largest absolute Gasteiger partial charge is 0.306 e. The van der Waals surface area contributed by atoms with E-state index in [1.165, 1.54) is 24.8 Å². The quantitative estimate of drug-likeness (QED) is 0.852. The summed E-state index contributed by atoms with van der Waals surface area (Å²) in [5, 5.41) is 4.71. The van der Waals surface area contributed by atoms with Crippen LogP contribution in [0, 0.1) is 5.92 Å². The molecule has 0 spiro atoms. The van der Waals surface area contributed by atoms with Crippen molar-refractivity contribution in [3.05, 3.63) is 35.9 Å². The van der Waals surface area contributed by atoms with Crippen LogP contribution in [0.2, 0.25) is 0 Å². The maximum atomic E-state index is 3.91. The molecule has 2 heteroatoms. The van der Waals surface area contributed by atoms with Crippen LogP contribution in [0.1, 0.15) is 44.7 Å². The summed E-state index contributed by atoms with van der Waals surface area (Å²) in [6.07, 6.45) is 6.33. The Kier molecular flexibility index (Phi) is 5.13. The first-order chi connectivity index (χ1) is 8.72. The first-order valence-electron chi connectivity index (χ1n) is 7.06. The lowest BCUT2D eigenvalue weighted by Gasteiger charge is -2.29. The van der Waals surface area contributed by atoms with Crippen molar-refractivity contribution < 1.29 is 0 Å². The molecule has 100 valence electrons. The van der Waals surface area contributed by atoms with Crippen LogP contribution in [0.5, 0.6) is 0 Å². The van der Waals surface area contributed by atoms with Gasteiger partial charge in [-0.15, -0.1) is 0 Å². The van der Waals surface area contributed by atoms with Gasteiger partial charge in [0.05, 0.1) is 0 Å². The Hall–Kier alpha value is -0.470. The number of hydrogen-bond donors (Lipinski definition) is 1. The Morgan fingerprint density at radius 2 is 1.89 bits per heavy atom. The molecule has 0 amide bonds. The number of thioether (sulfide) groups is 1. The van der Waals surface area contributed by atoms with Gasteiger partial charge in [-0.05, 0) is 30.6 Å². The van der Waals surface area contributed by atoms with Crippen molar-refractivity contribution in [1.82, 2.24) is 5.32 Å². The first-order valence-corrected chi connectivity index (χ1v) is 8.35. The Labute approximate surface area is 116 Å². The molecule has 1 aliphatic carbocycles. The van der Waals surface area contributed by atoms with Crippen LogP contribution in [0.25, 0.3) is 0 Å². The summed E-state index contributed by atoms with van der Waals surface area (Å²) in [6, 6.07) is 12.1. The zero-order chi connectivity index (χ0) is 13.0. The number of hydrogen-bond acceptors (Lipinski definition) is 2. The summed E-state index contributed by atoms with van der Waals surface area (Å²) in [7, 11) is 0. The predicted octanol–water partition coefficient (Wildman–Crippen LogP) is 4.26. The molecule has 0 aliphatic heterocycles. The molecule has 1 nitrogen and oxygen atoms in total. The van der Waals surface area contributed by atoms with Gasteiger partial charge >= 0.3 is 0 Å². The van der Waals surface area contributed by atoms with Crippen molar-refractivity contribution in [3.8, 4) is 0 Å². The summed E-state index contributed by atoms with van der Waals surface area (Å²) in [4.78, 5) is 0. The molecule has 0 heterocycles. The third-order valence-corrected chi connectivity index (χ3v) is 5.14. The van der Waals surface area contributed by atoms with Gasteiger partial charge in [0.15, 0.2) is 0 Å². The zero-order valence-electron chi connectivity index (χ0n) is 11.7. The lowest BCUT2D eigenvalue weighted by atomic mass is 9.95. The van der Waals surface area contributed by atoms with E-state index in [2.05, 4.69) is 55.8 Å². The molecule has 1 fully saturated rings. The molecule has 3 atom stereocenters. The van der Waals surface area contributed by atoms with Gasteiger partial charge < -0.3 is 5.32 Å². The van der Waals surface area contributed by atoms with Crippen LogP contribution < -0.4 is 5.32 Å². The van der Waals surface area contributed by atoms with Crippen molar-refractivity contribution >= 4 is 11.8 Å². The average Bonchev–Trinajstić information content (AvgIpc) is 2.83. The summed E-state index contributed by atoms with van der Waals surface area (Å²) < 4.78 is 0. The van der Waals surface area contributed by atoms with Crippen molar-refractivity contribution in [2.75, 3.05) is 6.26 Å². The van der Waals surface area contributed by atoms with Gasteiger partial charge in [0, 0.05) is 17.3 Å². The molecule has 1 aromatic rings. The van der Waals surface area contributed by atoms with Gasteiger partial charge in [-0.25, -0.2) is 0 Å². The molecule has 1 aliphatic rings. The predicted molar refractivity (Wildman–Crippen MR) is 82.1 cm³/mol. The molecule has 0 radical (unpaired) electrons. The highest BCUT2D eigenvalue weighted by molar-refractivity contribution is 7.99. The van der Waals surface area contributed by atoms with E-state index in [9.17, 15) is 0 Å². The lowest BCUT2D eigenvalue weighted by molar-refractivity contribution is 0.364. The highest BCUT2D eigenvalue weighted by Gasteiger charge is 2.29. The molecule has 3 unspecified atom stereocenters. The monoisotopic (exact) mass is 263 g/mol. The molecular weight excluding hydrogens is 238 g/mol. The van der Waals surface area contributed by atoms with Gasteiger partial charge in [0.1, 0.15) is 0 Å². The fourth-order valence-electron chi connectivity index (χ4n) is 2.96. The van der Waals surface area contributed by atoms with Gasteiger partial charge in [-0.1, -0.05) is 50.6 Å². The SMILES string of the molecule is CSC1CCCC1NC(c1ccccc1)C(C)C. The summed E-state index contributed by atoms with van der Waals surface area (Å²) in [5.74, 6) is 0.635. The van der Waals surface area contributed by atoms with Gasteiger partial charge in [-0.3, -0.25) is 0 Å². The van der Waals surface area contributed by atoms with Crippen molar-refractivity contribution in [1.29, 1.82) is 0 Å². The fraction of sp³-hybridized carbons (Fsp3) is 0.625. The van der Waals surface area contributed by atoms with Crippen LogP contribution in [0.3, 0.4) is 0 Å². The van der Waals surface area contributed by atoms with E-state index >= 15 is 0 Å². The molecule has 0 bridgehead atoms. The van der Waals surface area contributed by atoms with E-state index in [0.29, 0.717) is 18.0 Å². The minimum atomic E-state index is 0.490. The second-order valence-electron chi connectivity index (χ2n) is 5.61. The minimum Gasteiger partial charge on any atom is -0.306 e. The molecule has 2 rings (SSSR count). The Morgan fingerprint density at radius 1 is 1.17 bits per heavy atom. The molecule has 1 saturated carbocycles. The number of nitrogens with one attached hydrogen (secondary N) is 1. The molecule has 0 aromatic heterocycles. The topological polar surface area (TPSA) is 12.0 Å². The van der Waals surface area contributed by atoms with Crippen LogP contribution in [-0.4, -0.2) is 17.5 Å². The Morgan fingerprint density at radius 3 is 2.50 bits per heavy atom. The lowest BCUT2D eigenvalue weighted by Crippen LogP contribution is -2.39. The minimum absolute atomic E-state index is 0.490. The van der Waals surface area contributed by atoms with Crippen molar-refractivity contribution in [2.45, 2.75) is 50.4 Å². The third-order valence-electron chi connectivity index (χ3n) is 3.97. The maximum Gasteiger partial charge on any atom is 0.0346 e. The second-order valence-corrected chi connectivity index (χ2v) is 6.69. The standard InChI is InChI=1S/C16H25NS/c1-12(2)16(13-8-5-4-6-9-13)17-14-10-7-11-15(14)18-3/h4-6,8-9,12,14-17H,7,10-11H2,1-3H3. The molecule has 18 heavy (non-hydrogen) atoms. The van der Waals surface area contributed by atoms with Gasteiger partial charge in [0.2, 0.25) is 0 Å². The third kappa shape index (κ3) is 3.30. The summed E-state index contributed by atoms with van der Waals surface area (Å²) in [5.41, 5.74) is 1.43. The Balaban J connectivity index is 2.07. The molecule has 0 saturated heterocycles. The fourth-order valence-corrected chi connectivity index (χ4v) is 3.91. The van der Waals surface area contributed by atoms with E-state index < -0.39 is 0 Å². The first kappa shape index (κ1) is 14.0. The second kappa shape index (κ2) is 6.63. The Bertz CT molecular complexity index is 349. The van der Waals surface area contributed by atoms with E-state index in [-0.39, 0.29) is 0 Å². The molecule has 1 aromatic carbocycles.